The van der Waals surface area contributed by atoms with Crippen molar-refractivity contribution in [2.24, 2.45) is 0 Å². The van der Waals surface area contributed by atoms with Crippen molar-refractivity contribution in [3.05, 3.63) is 67.7 Å². The van der Waals surface area contributed by atoms with E-state index in [0.717, 1.165) is 0 Å². The molecule has 2 aromatic carbocycles. The van der Waals surface area contributed by atoms with Gasteiger partial charge >= 0.3 is 0 Å². The highest BCUT2D eigenvalue weighted by molar-refractivity contribution is 9.11. The summed E-state index contributed by atoms with van der Waals surface area (Å²) < 4.78 is 1.19. The van der Waals surface area contributed by atoms with Crippen LogP contribution in [0.15, 0.2) is 28.7 Å². The first-order chi connectivity index (χ1) is 9.34. The van der Waals surface area contributed by atoms with Gasteiger partial charge in [-0.05, 0) is 73.6 Å². The minimum atomic E-state index is 0.218. The van der Waals surface area contributed by atoms with Gasteiger partial charge in [0.25, 0.3) is 0 Å². The first-order valence-electron chi connectivity index (χ1n) is 6.81. The van der Waals surface area contributed by atoms with Crippen molar-refractivity contribution in [2.45, 2.75) is 39.4 Å². The van der Waals surface area contributed by atoms with Crippen LogP contribution in [0.2, 0.25) is 0 Å². The molecule has 2 rings (SSSR count). The van der Waals surface area contributed by atoms with E-state index in [4.69, 9.17) is 0 Å². The Hall–Kier alpha value is -0.600. The second kappa shape index (κ2) is 6.03. The number of rotatable bonds is 2. The van der Waals surface area contributed by atoms with Crippen LogP contribution in [0, 0.1) is 34.6 Å². The molecule has 106 valence electrons. The molecule has 0 fully saturated rings. The van der Waals surface area contributed by atoms with Gasteiger partial charge in [0.15, 0.2) is 0 Å². The van der Waals surface area contributed by atoms with Crippen LogP contribution in [0.5, 0.6) is 0 Å². The zero-order chi connectivity index (χ0) is 15.0. The van der Waals surface area contributed by atoms with Crippen molar-refractivity contribution < 1.29 is 0 Å². The van der Waals surface area contributed by atoms with E-state index in [1.165, 1.54) is 43.4 Å². The highest BCUT2D eigenvalue weighted by Crippen LogP contribution is 2.40. The molecule has 0 saturated carbocycles. The Bertz CT molecular complexity index is 631. The normalized spacial score (nSPS) is 12.6. The fourth-order valence-electron chi connectivity index (χ4n) is 2.65. The first kappa shape index (κ1) is 15.8. The van der Waals surface area contributed by atoms with Crippen LogP contribution in [0.3, 0.4) is 0 Å². The highest BCUT2D eigenvalue weighted by Gasteiger charge is 2.20. The summed E-state index contributed by atoms with van der Waals surface area (Å²) in [5.41, 5.74) is 9.43. The van der Waals surface area contributed by atoms with E-state index in [2.05, 4.69) is 90.7 Å². The smallest absolute Gasteiger partial charge is 0.0661 e. The molecule has 0 aliphatic carbocycles. The number of benzene rings is 2. The summed E-state index contributed by atoms with van der Waals surface area (Å²) >= 11 is 7.65. The Kier molecular flexibility index (Phi) is 4.76. The lowest BCUT2D eigenvalue weighted by molar-refractivity contribution is 1.06. The van der Waals surface area contributed by atoms with Crippen LogP contribution in [-0.4, -0.2) is 0 Å². The predicted molar refractivity (Wildman–Crippen MR) is 95.0 cm³/mol. The van der Waals surface area contributed by atoms with Crippen molar-refractivity contribution in [2.75, 3.05) is 0 Å². The Morgan fingerprint density at radius 1 is 0.850 bits per heavy atom. The fourth-order valence-corrected chi connectivity index (χ4v) is 4.52. The largest absolute Gasteiger partial charge is 0.0786 e. The lowest BCUT2D eigenvalue weighted by atomic mass is 9.90. The van der Waals surface area contributed by atoms with E-state index in [9.17, 15) is 0 Å². The standard InChI is InChI=1S/C18H20Br2/c1-10-7-6-8-15(17(10)19)18(20)16-13(4)11(2)9-12(3)14(16)5/h6-9,18H,1-5H3. The summed E-state index contributed by atoms with van der Waals surface area (Å²) in [6.07, 6.45) is 0. The molecular weight excluding hydrogens is 376 g/mol. The van der Waals surface area contributed by atoms with Crippen LogP contribution in [0.1, 0.15) is 43.8 Å². The molecule has 0 aromatic heterocycles. The van der Waals surface area contributed by atoms with Gasteiger partial charge in [0.2, 0.25) is 0 Å². The third kappa shape index (κ3) is 2.73. The summed E-state index contributed by atoms with van der Waals surface area (Å²) in [5.74, 6) is 0. The summed E-state index contributed by atoms with van der Waals surface area (Å²) in [6, 6.07) is 8.72. The van der Waals surface area contributed by atoms with Gasteiger partial charge in [-0.15, -0.1) is 0 Å². The molecule has 2 heteroatoms. The molecule has 0 heterocycles. The topological polar surface area (TPSA) is 0 Å². The van der Waals surface area contributed by atoms with Crippen LogP contribution in [0.25, 0.3) is 0 Å². The monoisotopic (exact) mass is 394 g/mol. The van der Waals surface area contributed by atoms with Gasteiger partial charge in [-0.3, -0.25) is 0 Å². The minimum Gasteiger partial charge on any atom is -0.0786 e. The van der Waals surface area contributed by atoms with Crippen molar-refractivity contribution in [3.63, 3.8) is 0 Å². The van der Waals surface area contributed by atoms with E-state index in [1.807, 2.05) is 0 Å². The molecule has 0 aliphatic rings. The van der Waals surface area contributed by atoms with Gasteiger partial charge in [-0.1, -0.05) is 56.1 Å². The molecule has 0 bridgehead atoms. The Morgan fingerprint density at radius 2 is 1.40 bits per heavy atom. The summed E-state index contributed by atoms with van der Waals surface area (Å²) in [7, 11) is 0. The van der Waals surface area contributed by atoms with Crippen LogP contribution in [-0.2, 0) is 0 Å². The van der Waals surface area contributed by atoms with E-state index in [0.29, 0.717) is 0 Å². The second-order valence-electron chi connectivity index (χ2n) is 5.51. The average Bonchev–Trinajstić information content (AvgIpc) is 2.40. The molecule has 0 nitrogen and oxygen atoms in total. The molecule has 0 N–H and O–H groups in total. The number of aryl methyl sites for hydroxylation is 3. The van der Waals surface area contributed by atoms with Crippen molar-refractivity contribution in [1.29, 1.82) is 0 Å². The third-order valence-electron chi connectivity index (χ3n) is 4.17. The molecule has 1 atom stereocenters. The predicted octanol–water partition coefficient (Wildman–Crippen LogP) is 6.48. The zero-order valence-electron chi connectivity index (χ0n) is 12.6. The fraction of sp³-hybridized carbons (Fsp3) is 0.333. The molecule has 0 saturated heterocycles. The van der Waals surface area contributed by atoms with Gasteiger partial charge in [0, 0.05) is 4.47 Å². The lowest BCUT2D eigenvalue weighted by Gasteiger charge is -2.21. The van der Waals surface area contributed by atoms with Gasteiger partial charge in [0.05, 0.1) is 4.83 Å². The van der Waals surface area contributed by atoms with Crippen molar-refractivity contribution >= 4 is 31.9 Å². The second-order valence-corrected chi connectivity index (χ2v) is 7.22. The SMILES string of the molecule is Cc1cc(C)c(C)c(C(Br)c2cccc(C)c2Br)c1C. The summed E-state index contributed by atoms with van der Waals surface area (Å²) in [4.78, 5) is 0.218. The molecule has 0 spiro atoms. The minimum absolute atomic E-state index is 0.218. The van der Waals surface area contributed by atoms with E-state index < -0.39 is 0 Å². The van der Waals surface area contributed by atoms with Crippen LogP contribution in [0.4, 0.5) is 0 Å². The molecule has 2 aromatic rings. The Morgan fingerprint density at radius 3 is 1.95 bits per heavy atom. The van der Waals surface area contributed by atoms with E-state index in [1.54, 1.807) is 0 Å². The third-order valence-corrected chi connectivity index (χ3v) is 6.21. The zero-order valence-corrected chi connectivity index (χ0v) is 15.8. The van der Waals surface area contributed by atoms with Gasteiger partial charge in [-0.2, -0.15) is 0 Å². The average molecular weight is 396 g/mol. The van der Waals surface area contributed by atoms with Crippen molar-refractivity contribution in [1.82, 2.24) is 0 Å². The maximum atomic E-state index is 3.92. The number of hydrogen-bond acceptors (Lipinski definition) is 0. The molecule has 0 amide bonds. The quantitative estimate of drug-likeness (QED) is 0.510. The number of halogens is 2. The Labute approximate surface area is 138 Å². The van der Waals surface area contributed by atoms with Crippen molar-refractivity contribution in [3.8, 4) is 0 Å². The molecule has 0 aliphatic heterocycles. The number of alkyl halides is 1. The summed E-state index contributed by atoms with van der Waals surface area (Å²) in [6.45, 7) is 10.9. The maximum Gasteiger partial charge on any atom is 0.0661 e. The van der Waals surface area contributed by atoms with Crippen LogP contribution < -0.4 is 0 Å². The summed E-state index contributed by atoms with van der Waals surface area (Å²) in [5, 5.41) is 0. The number of hydrogen-bond donors (Lipinski definition) is 0. The maximum absolute atomic E-state index is 3.92. The van der Waals surface area contributed by atoms with Gasteiger partial charge in [0.1, 0.15) is 0 Å². The van der Waals surface area contributed by atoms with E-state index >= 15 is 0 Å². The first-order valence-corrected chi connectivity index (χ1v) is 8.51. The lowest BCUT2D eigenvalue weighted by Crippen LogP contribution is -2.04. The molecule has 0 radical (unpaired) electrons. The van der Waals surface area contributed by atoms with Gasteiger partial charge in [-0.25, -0.2) is 0 Å². The molecular formula is C18H20Br2. The molecule has 1 unspecified atom stereocenters. The highest BCUT2D eigenvalue weighted by atomic mass is 79.9. The van der Waals surface area contributed by atoms with Crippen LogP contribution >= 0.6 is 31.9 Å². The molecule has 20 heavy (non-hydrogen) atoms. The Balaban J connectivity index is 2.65. The van der Waals surface area contributed by atoms with E-state index in [-0.39, 0.29) is 4.83 Å². The van der Waals surface area contributed by atoms with Gasteiger partial charge < -0.3 is 0 Å².